The van der Waals surface area contributed by atoms with Crippen LogP contribution in [0.3, 0.4) is 0 Å². The van der Waals surface area contributed by atoms with Crippen molar-refractivity contribution in [2.75, 3.05) is 38.3 Å². The van der Waals surface area contributed by atoms with E-state index in [1.54, 1.807) is 12.1 Å². The minimum atomic E-state index is -3.59. The molecule has 2 rings (SSSR count). The van der Waals surface area contributed by atoms with E-state index >= 15 is 0 Å². The second-order valence-electron chi connectivity index (χ2n) is 6.59. The molecule has 1 heterocycles. The molecule has 25 heavy (non-hydrogen) atoms. The topological polar surface area (TPSA) is 95.6 Å². The number of hydrogen-bond donors (Lipinski definition) is 2. The third-order valence-corrected chi connectivity index (χ3v) is 6.58. The van der Waals surface area contributed by atoms with Gasteiger partial charge >= 0.3 is 0 Å². The van der Waals surface area contributed by atoms with Gasteiger partial charge in [0.2, 0.25) is 11.8 Å². The molecule has 1 aliphatic rings. The fourth-order valence-corrected chi connectivity index (χ4v) is 4.47. The van der Waals surface area contributed by atoms with Crippen molar-refractivity contribution in [3.8, 4) is 0 Å². The van der Waals surface area contributed by atoms with Gasteiger partial charge in [0.1, 0.15) is 0 Å². The lowest BCUT2D eigenvalue weighted by molar-refractivity contribution is -0.136. The zero-order valence-electron chi connectivity index (χ0n) is 14.8. The monoisotopic (exact) mass is 367 g/mol. The van der Waals surface area contributed by atoms with Crippen molar-refractivity contribution in [2.24, 2.45) is 0 Å². The molecule has 0 aromatic heterocycles. The lowest BCUT2D eigenvalue weighted by atomic mass is 9.95. The Morgan fingerprint density at radius 2 is 1.76 bits per heavy atom. The first-order valence-electron chi connectivity index (χ1n) is 8.18. The number of amides is 2. The van der Waals surface area contributed by atoms with E-state index in [1.807, 2.05) is 19.1 Å². The molecule has 0 atom stereocenters. The summed E-state index contributed by atoms with van der Waals surface area (Å²) >= 11 is 0. The van der Waals surface area contributed by atoms with Crippen LogP contribution in [0.5, 0.6) is 0 Å². The summed E-state index contributed by atoms with van der Waals surface area (Å²) in [4.78, 5) is 26.2. The molecule has 7 nitrogen and oxygen atoms in total. The van der Waals surface area contributed by atoms with Crippen LogP contribution in [0.15, 0.2) is 24.3 Å². The summed E-state index contributed by atoms with van der Waals surface area (Å²) in [6.07, 6.45) is 1.53. The number of anilines is 1. The SMILES string of the molecule is Cc1ccc(NC(=O)CN(C)C(=O)C2(S(C)(=O)=O)CCNCC2)cc1. The predicted octanol–water partition coefficient (Wildman–Crippen LogP) is 0.559. The number of likely N-dealkylation sites (N-methyl/N-ethyl adjacent to an activating group) is 1. The average molecular weight is 367 g/mol. The maximum absolute atomic E-state index is 12.8. The van der Waals surface area contributed by atoms with Crippen LogP contribution in [0.2, 0.25) is 0 Å². The average Bonchev–Trinajstić information content (AvgIpc) is 2.55. The lowest BCUT2D eigenvalue weighted by Crippen LogP contribution is -2.58. The Morgan fingerprint density at radius 3 is 2.28 bits per heavy atom. The van der Waals surface area contributed by atoms with Crippen LogP contribution < -0.4 is 10.6 Å². The first-order valence-corrected chi connectivity index (χ1v) is 10.1. The van der Waals surface area contributed by atoms with Crippen LogP contribution in [0.25, 0.3) is 0 Å². The predicted molar refractivity (Wildman–Crippen MR) is 97.1 cm³/mol. The van der Waals surface area contributed by atoms with Crippen LogP contribution in [0, 0.1) is 6.92 Å². The molecule has 0 aliphatic carbocycles. The number of rotatable bonds is 5. The summed E-state index contributed by atoms with van der Waals surface area (Å²) in [5.74, 6) is -0.882. The van der Waals surface area contributed by atoms with Crippen LogP contribution in [0.4, 0.5) is 5.69 Å². The number of aryl methyl sites for hydroxylation is 1. The molecule has 2 amide bonds. The number of hydrogen-bond acceptors (Lipinski definition) is 5. The number of sulfone groups is 1. The summed E-state index contributed by atoms with van der Waals surface area (Å²) in [6.45, 7) is 2.67. The summed E-state index contributed by atoms with van der Waals surface area (Å²) in [6, 6.07) is 7.30. The van der Waals surface area contributed by atoms with Gasteiger partial charge in [-0.2, -0.15) is 0 Å². The minimum Gasteiger partial charge on any atom is -0.335 e. The highest BCUT2D eigenvalue weighted by atomic mass is 32.2. The Bertz CT molecular complexity index is 738. The molecule has 2 N–H and O–H groups in total. The second kappa shape index (κ2) is 7.53. The first-order chi connectivity index (χ1) is 11.7. The number of piperidine rings is 1. The maximum Gasteiger partial charge on any atom is 0.244 e. The molecule has 0 unspecified atom stereocenters. The van der Waals surface area contributed by atoms with Crippen LogP contribution in [0.1, 0.15) is 18.4 Å². The van der Waals surface area contributed by atoms with Gasteiger partial charge in [0, 0.05) is 19.0 Å². The number of nitrogens with one attached hydrogen (secondary N) is 2. The van der Waals surface area contributed by atoms with E-state index in [9.17, 15) is 18.0 Å². The Balaban J connectivity index is 2.07. The fraction of sp³-hybridized carbons (Fsp3) is 0.529. The zero-order valence-corrected chi connectivity index (χ0v) is 15.6. The molecular formula is C17H25N3O4S. The molecule has 0 spiro atoms. The van der Waals surface area contributed by atoms with Crippen molar-refractivity contribution < 1.29 is 18.0 Å². The maximum atomic E-state index is 12.8. The Labute approximate surface area is 148 Å². The molecule has 0 bridgehead atoms. The molecule has 1 aromatic rings. The zero-order chi connectivity index (χ0) is 18.7. The number of nitrogens with zero attached hydrogens (tertiary/aromatic N) is 1. The molecule has 1 aromatic carbocycles. The minimum absolute atomic E-state index is 0.197. The molecule has 8 heteroatoms. The smallest absolute Gasteiger partial charge is 0.244 e. The molecule has 1 fully saturated rings. The number of benzene rings is 1. The molecule has 1 aliphatic heterocycles. The Kier molecular flexibility index (Phi) is 5.84. The van der Waals surface area contributed by atoms with Gasteiger partial charge in [0.05, 0.1) is 6.54 Å². The Hall–Kier alpha value is -1.93. The highest BCUT2D eigenvalue weighted by Crippen LogP contribution is 2.29. The van der Waals surface area contributed by atoms with Crippen molar-refractivity contribution in [3.05, 3.63) is 29.8 Å². The Morgan fingerprint density at radius 1 is 1.20 bits per heavy atom. The quantitative estimate of drug-likeness (QED) is 0.793. The van der Waals surface area contributed by atoms with Crippen molar-refractivity contribution in [1.82, 2.24) is 10.2 Å². The number of carbonyl (C=O) groups is 2. The number of carbonyl (C=O) groups excluding carboxylic acids is 2. The van der Waals surface area contributed by atoms with Gasteiger partial charge in [-0.05, 0) is 45.0 Å². The van der Waals surface area contributed by atoms with Gasteiger partial charge in [0.15, 0.2) is 14.6 Å². The standard InChI is InChI=1S/C17H25N3O4S/c1-13-4-6-14(7-5-13)19-15(21)12-20(2)16(22)17(25(3,23)24)8-10-18-11-9-17/h4-7,18H,8-12H2,1-3H3,(H,19,21). The van der Waals surface area contributed by atoms with Crippen molar-refractivity contribution >= 4 is 27.3 Å². The van der Waals surface area contributed by atoms with E-state index in [1.165, 1.54) is 11.9 Å². The second-order valence-corrected chi connectivity index (χ2v) is 8.92. The third kappa shape index (κ3) is 4.38. The molecular weight excluding hydrogens is 342 g/mol. The summed E-state index contributed by atoms with van der Waals surface area (Å²) in [5.41, 5.74) is 1.71. The summed E-state index contributed by atoms with van der Waals surface area (Å²) in [7, 11) is -2.13. The van der Waals surface area contributed by atoms with E-state index < -0.39 is 20.5 Å². The summed E-state index contributed by atoms with van der Waals surface area (Å²) < 4.78 is 23.1. The lowest BCUT2D eigenvalue weighted by Gasteiger charge is -2.37. The van der Waals surface area contributed by atoms with Crippen molar-refractivity contribution in [2.45, 2.75) is 24.5 Å². The van der Waals surface area contributed by atoms with E-state index in [2.05, 4.69) is 10.6 Å². The van der Waals surface area contributed by atoms with Gasteiger partial charge in [-0.1, -0.05) is 17.7 Å². The van der Waals surface area contributed by atoms with Crippen LogP contribution >= 0.6 is 0 Å². The van der Waals surface area contributed by atoms with E-state index in [4.69, 9.17) is 0 Å². The molecule has 0 radical (unpaired) electrons. The fourth-order valence-electron chi connectivity index (χ4n) is 3.05. The van der Waals surface area contributed by atoms with Crippen LogP contribution in [-0.2, 0) is 19.4 Å². The first kappa shape index (κ1) is 19.4. The van der Waals surface area contributed by atoms with E-state index in [0.29, 0.717) is 18.8 Å². The highest BCUT2D eigenvalue weighted by Gasteiger charge is 2.50. The summed E-state index contributed by atoms with van der Waals surface area (Å²) in [5, 5.41) is 5.78. The van der Waals surface area contributed by atoms with E-state index in [-0.39, 0.29) is 25.3 Å². The van der Waals surface area contributed by atoms with Gasteiger partial charge in [-0.25, -0.2) is 8.42 Å². The molecule has 138 valence electrons. The third-order valence-electron chi connectivity index (χ3n) is 4.57. The largest absolute Gasteiger partial charge is 0.335 e. The highest BCUT2D eigenvalue weighted by molar-refractivity contribution is 7.92. The van der Waals surface area contributed by atoms with E-state index in [0.717, 1.165) is 11.8 Å². The molecule has 0 saturated carbocycles. The van der Waals surface area contributed by atoms with Gasteiger partial charge in [0.25, 0.3) is 0 Å². The molecule has 1 saturated heterocycles. The van der Waals surface area contributed by atoms with Crippen molar-refractivity contribution in [3.63, 3.8) is 0 Å². The van der Waals surface area contributed by atoms with Crippen molar-refractivity contribution in [1.29, 1.82) is 0 Å². The van der Waals surface area contributed by atoms with Gasteiger partial charge < -0.3 is 15.5 Å². The van der Waals surface area contributed by atoms with Gasteiger partial charge in [-0.3, -0.25) is 9.59 Å². The normalized spacial score (nSPS) is 16.9. The van der Waals surface area contributed by atoms with Gasteiger partial charge in [-0.15, -0.1) is 0 Å². The van der Waals surface area contributed by atoms with Crippen LogP contribution in [-0.4, -0.2) is 62.8 Å².